The first-order valence-corrected chi connectivity index (χ1v) is 10.1. The molecule has 0 aliphatic rings. The Kier molecular flexibility index (Phi) is 7.81. The van der Waals surface area contributed by atoms with Crippen molar-refractivity contribution in [2.45, 2.75) is 46.5 Å². The second-order valence-corrected chi connectivity index (χ2v) is 9.22. The van der Waals surface area contributed by atoms with Gasteiger partial charge in [0.05, 0.1) is 0 Å². The predicted molar refractivity (Wildman–Crippen MR) is 121 cm³/mol. The highest BCUT2D eigenvalue weighted by molar-refractivity contribution is 5.93. The Labute approximate surface area is 179 Å². The fourth-order valence-corrected chi connectivity index (χ4v) is 3.52. The number of hydrazine groups is 1. The van der Waals surface area contributed by atoms with Crippen LogP contribution in [0.25, 0.3) is 6.08 Å². The van der Waals surface area contributed by atoms with E-state index in [1.165, 1.54) is 11.6 Å². The Morgan fingerprint density at radius 2 is 1.53 bits per heavy atom. The Morgan fingerprint density at radius 1 is 0.900 bits per heavy atom. The summed E-state index contributed by atoms with van der Waals surface area (Å²) in [4.78, 5) is 23.7. The molecule has 0 aliphatic carbocycles. The molecule has 0 heterocycles. The van der Waals surface area contributed by atoms with Crippen molar-refractivity contribution in [2.75, 3.05) is 6.61 Å². The van der Waals surface area contributed by atoms with E-state index < -0.39 is 11.8 Å². The third-order valence-electron chi connectivity index (χ3n) is 4.53. The number of amides is 2. The first-order chi connectivity index (χ1) is 14.0. The smallest absolute Gasteiger partial charge is 0.276 e. The van der Waals surface area contributed by atoms with E-state index in [9.17, 15) is 9.59 Å². The number of benzene rings is 2. The zero-order valence-electron chi connectivity index (χ0n) is 18.5. The van der Waals surface area contributed by atoms with Crippen LogP contribution in [0, 0.1) is 5.41 Å². The van der Waals surface area contributed by atoms with Crippen LogP contribution in [0.3, 0.4) is 0 Å². The van der Waals surface area contributed by atoms with Crippen LogP contribution in [0.1, 0.15) is 52.2 Å². The van der Waals surface area contributed by atoms with Crippen molar-refractivity contribution in [3.8, 4) is 5.75 Å². The van der Waals surface area contributed by atoms with Gasteiger partial charge in [-0.25, -0.2) is 0 Å². The largest absolute Gasteiger partial charge is 0.484 e. The van der Waals surface area contributed by atoms with E-state index in [1.807, 2.05) is 54.6 Å². The number of carbonyl (C=O) groups excluding carboxylic acids is 2. The molecule has 2 amide bonds. The molecule has 160 valence electrons. The maximum atomic E-state index is 11.9. The van der Waals surface area contributed by atoms with Crippen LogP contribution in [-0.4, -0.2) is 18.4 Å². The third-order valence-corrected chi connectivity index (χ3v) is 4.53. The topological polar surface area (TPSA) is 67.4 Å². The molecular formula is C25H32N2O3. The van der Waals surface area contributed by atoms with Crippen molar-refractivity contribution in [1.82, 2.24) is 10.9 Å². The van der Waals surface area contributed by atoms with Crippen molar-refractivity contribution in [3.05, 3.63) is 71.8 Å². The van der Waals surface area contributed by atoms with Gasteiger partial charge >= 0.3 is 0 Å². The van der Waals surface area contributed by atoms with Crippen molar-refractivity contribution in [3.63, 3.8) is 0 Å². The zero-order chi connectivity index (χ0) is 22.2. The molecule has 0 unspecified atom stereocenters. The van der Waals surface area contributed by atoms with Gasteiger partial charge in [0.25, 0.3) is 11.8 Å². The van der Waals surface area contributed by atoms with Crippen LogP contribution in [0.15, 0.2) is 60.7 Å². The highest BCUT2D eigenvalue weighted by Crippen LogP contribution is 2.36. The summed E-state index contributed by atoms with van der Waals surface area (Å²) in [6, 6.07) is 17.2. The Hall–Kier alpha value is -3.08. The summed E-state index contributed by atoms with van der Waals surface area (Å²) in [6.07, 6.45) is 4.08. The van der Waals surface area contributed by atoms with E-state index in [0.29, 0.717) is 5.75 Å². The summed E-state index contributed by atoms with van der Waals surface area (Å²) >= 11 is 0. The summed E-state index contributed by atoms with van der Waals surface area (Å²) in [7, 11) is 0. The SMILES string of the molecule is CC(C)(C)CC(C)(C)c1ccc(OCC(=O)NNC(=O)C=Cc2ccccc2)cc1. The molecule has 0 radical (unpaired) electrons. The second-order valence-electron chi connectivity index (χ2n) is 9.22. The fraction of sp³-hybridized carbons (Fsp3) is 0.360. The lowest BCUT2D eigenvalue weighted by atomic mass is 9.72. The Bertz CT molecular complexity index is 864. The molecule has 0 spiro atoms. The van der Waals surface area contributed by atoms with Gasteiger partial charge in [0, 0.05) is 6.08 Å². The van der Waals surface area contributed by atoms with Crippen molar-refractivity contribution in [1.29, 1.82) is 0 Å². The molecule has 30 heavy (non-hydrogen) atoms. The third kappa shape index (κ3) is 8.11. The van der Waals surface area contributed by atoms with Crippen molar-refractivity contribution < 1.29 is 14.3 Å². The van der Waals surface area contributed by atoms with Gasteiger partial charge in [-0.15, -0.1) is 0 Å². The minimum absolute atomic E-state index is 0.0473. The lowest BCUT2D eigenvalue weighted by Gasteiger charge is -2.33. The summed E-state index contributed by atoms with van der Waals surface area (Å²) in [5.74, 6) is -0.248. The molecule has 0 aliphatic heterocycles. The summed E-state index contributed by atoms with van der Waals surface area (Å²) in [6.45, 7) is 11.0. The fourth-order valence-electron chi connectivity index (χ4n) is 3.52. The van der Waals surface area contributed by atoms with Crippen LogP contribution in [0.4, 0.5) is 0 Å². The minimum atomic E-state index is -0.436. The quantitative estimate of drug-likeness (QED) is 0.518. The monoisotopic (exact) mass is 408 g/mol. The maximum Gasteiger partial charge on any atom is 0.276 e. The van der Waals surface area contributed by atoms with Crippen LogP contribution in [0.5, 0.6) is 5.75 Å². The van der Waals surface area contributed by atoms with Crippen molar-refractivity contribution in [2.24, 2.45) is 5.41 Å². The molecule has 5 nitrogen and oxygen atoms in total. The van der Waals surface area contributed by atoms with Gasteiger partial charge in [-0.1, -0.05) is 77.1 Å². The van der Waals surface area contributed by atoms with Gasteiger partial charge in [0.15, 0.2) is 6.61 Å². The van der Waals surface area contributed by atoms with Gasteiger partial charge in [0.1, 0.15) is 5.75 Å². The molecular weight excluding hydrogens is 376 g/mol. The summed E-state index contributed by atoms with van der Waals surface area (Å²) in [5, 5.41) is 0. The molecule has 0 aromatic heterocycles. The van der Waals surface area contributed by atoms with Crippen LogP contribution in [-0.2, 0) is 15.0 Å². The number of hydrogen-bond donors (Lipinski definition) is 2. The van der Waals surface area contributed by atoms with Crippen LogP contribution in [0.2, 0.25) is 0 Å². The molecule has 2 N–H and O–H groups in total. The predicted octanol–water partition coefficient (Wildman–Crippen LogP) is 4.64. The average molecular weight is 409 g/mol. The molecule has 2 aromatic rings. The van der Waals surface area contributed by atoms with E-state index in [1.54, 1.807) is 6.08 Å². The summed E-state index contributed by atoms with van der Waals surface area (Å²) in [5.41, 5.74) is 7.08. The number of ether oxygens (including phenoxy) is 1. The number of hydrogen-bond acceptors (Lipinski definition) is 3. The first-order valence-electron chi connectivity index (χ1n) is 10.1. The van der Waals surface area contributed by atoms with Gasteiger partial charge in [-0.2, -0.15) is 0 Å². The molecule has 0 atom stereocenters. The van der Waals surface area contributed by atoms with E-state index >= 15 is 0 Å². The molecule has 0 fully saturated rings. The zero-order valence-corrected chi connectivity index (χ0v) is 18.5. The number of rotatable bonds is 7. The van der Waals surface area contributed by atoms with Crippen LogP contribution >= 0.6 is 0 Å². The normalized spacial score (nSPS) is 11.9. The lowest BCUT2D eigenvalue weighted by Crippen LogP contribution is -2.43. The second kappa shape index (κ2) is 10.1. The molecule has 0 saturated heterocycles. The van der Waals surface area contributed by atoms with E-state index in [4.69, 9.17) is 4.74 Å². The first kappa shape index (κ1) is 23.2. The van der Waals surface area contributed by atoms with E-state index in [2.05, 4.69) is 45.5 Å². The molecule has 0 saturated carbocycles. The van der Waals surface area contributed by atoms with Gasteiger partial charge < -0.3 is 4.74 Å². The molecule has 2 aromatic carbocycles. The summed E-state index contributed by atoms with van der Waals surface area (Å²) < 4.78 is 5.52. The number of carbonyl (C=O) groups is 2. The lowest BCUT2D eigenvalue weighted by molar-refractivity contribution is -0.128. The minimum Gasteiger partial charge on any atom is -0.484 e. The highest BCUT2D eigenvalue weighted by Gasteiger charge is 2.27. The van der Waals surface area contributed by atoms with E-state index in [0.717, 1.165) is 12.0 Å². The van der Waals surface area contributed by atoms with Gasteiger partial charge in [-0.05, 0) is 46.6 Å². The van der Waals surface area contributed by atoms with Gasteiger partial charge in [0.2, 0.25) is 0 Å². The molecule has 0 bridgehead atoms. The molecule has 2 rings (SSSR count). The van der Waals surface area contributed by atoms with Crippen molar-refractivity contribution >= 4 is 17.9 Å². The highest BCUT2D eigenvalue weighted by atomic mass is 16.5. The Morgan fingerprint density at radius 3 is 2.13 bits per heavy atom. The number of nitrogens with one attached hydrogen (secondary N) is 2. The van der Waals surface area contributed by atoms with Crippen LogP contribution < -0.4 is 15.6 Å². The van der Waals surface area contributed by atoms with E-state index in [-0.39, 0.29) is 17.4 Å². The Balaban J connectivity index is 1.78. The standard InChI is InChI=1S/C25H32N2O3/c1-24(2,3)18-25(4,5)20-12-14-21(15-13-20)30-17-23(29)27-26-22(28)16-11-19-9-7-6-8-10-19/h6-16H,17-18H2,1-5H3,(H,26,28)(H,27,29). The average Bonchev–Trinajstić information content (AvgIpc) is 2.68. The van der Waals surface area contributed by atoms with Gasteiger partial charge in [-0.3, -0.25) is 20.4 Å². The molecule has 5 heteroatoms. The maximum absolute atomic E-state index is 11.9.